The molecule has 0 unspecified atom stereocenters. The van der Waals surface area contributed by atoms with Crippen LogP contribution >= 0.6 is 0 Å². The number of likely N-dealkylation sites (tertiary alicyclic amines) is 1. The molecule has 5 aliphatic carbocycles. The van der Waals surface area contributed by atoms with Crippen molar-refractivity contribution in [3.63, 3.8) is 0 Å². The monoisotopic (exact) mass is 599 g/mol. The molecule has 1 aliphatic heterocycles. The number of benzene rings is 1. The Morgan fingerprint density at radius 1 is 1.00 bits per heavy atom. The van der Waals surface area contributed by atoms with Gasteiger partial charge in [-0.1, -0.05) is 18.2 Å². The van der Waals surface area contributed by atoms with E-state index in [0.717, 1.165) is 19.4 Å². The highest BCUT2D eigenvalue weighted by atomic mass is 16.6. The van der Waals surface area contributed by atoms with Gasteiger partial charge in [0.15, 0.2) is 0 Å². The van der Waals surface area contributed by atoms with Crippen LogP contribution in [-0.4, -0.2) is 112 Å². The summed E-state index contributed by atoms with van der Waals surface area (Å²) in [7, 11) is 9.01. The van der Waals surface area contributed by atoms with Crippen LogP contribution in [0, 0.1) is 34.5 Å². The van der Waals surface area contributed by atoms with Crippen LogP contribution in [0.4, 0.5) is 0 Å². The van der Waals surface area contributed by atoms with Crippen molar-refractivity contribution in [2.45, 2.75) is 74.3 Å². The first-order chi connectivity index (χ1) is 20.6. The highest BCUT2D eigenvalue weighted by Gasteiger charge is 2.89. The highest BCUT2D eigenvalue weighted by Crippen LogP contribution is 2.80. The minimum atomic E-state index is -1.48. The molecule has 0 amide bonds. The van der Waals surface area contributed by atoms with E-state index in [1.807, 2.05) is 6.07 Å². The predicted octanol–water partition coefficient (Wildman–Crippen LogP) is 2.32. The van der Waals surface area contributed by atoms with Crippen LogP contribution < -0.4 is 0 Å². The van der Waals surface area contributed by atoms with Crippen LogP contribution in [0.15, 0.2) is 30.3 Å². The van der Waals surface area contributed by atoms with Gasteiger partial charge in [-0.05, 0) is 44.4 Å². The van der Waals surface area contributed by atoms with Gasteiger partial charge in [-0.25, -0.2) is 4.79 Å². The van der Waals surface area contributed by atoms with Crippen LogP contribution in [-0.2, 0) is 33.2 Å². The largest absolute Gasteiger partial charge is 0.458 e. The van der Waals surface area contributed by atoms with Crippen molar-refractivity contribution < 1.29 is 43.1 Å². The zero-order chi connectivity index (χ0) is 30.5. The molecule has 1 saturated heterocycles. The van der Waals surface area contributed by atoms with Crippen LogP contribution in [0.3, 0.4) is 0 Å². The third-order valence-corrected chi connectivity index (χ3v) is 12.7. The molecule has 1 aromatic rings. The Bertz CT molecular complexity index is 1280. The fourth-order valence-electron chi connectivity index (χ4n) is 12.2. The average molecular weight is 600 g/mol. The summed E-state index contributed by atoms with van der Waals surface area (Å²) in [6, 6.07) is 8.77. The number of aliphatic hydroxyl groups is 1. The van der Waals surface area contributed by atoms with E-state index >= 15 is 0 Å². The molecule has 1 heterocycles. The standard InChI is InChI=1S/C33H45NO9/c1-18(35)43-32-15-22(40-5)31(37)14-20(23(32)28(31)42-29(36)19-10-8-7-9-11-19)33-21(39-4)12-13-30(17-38-3)16-34(2)27(33)24(32)25(41-6)26(30)33/h7-11,20-28,37H,12-17H2,1-6H3/t20-,21+,22+,23-,24-,25+,26+,27+,28-,30+,31+,32-,33+/m1/s1. The van der Waals surface area contributed by atoms with Gasteiger partial charge in [0.2, 0.25) is 0 Å². The van der Waals surface area contributed by atoms with Crippen molar-refractivity contribution in [3.05, 3.63) is 35.9 Å². The van der Waals surface area contributed by atoms with Crippen LogP contribution in [0.1, 0.15) is 43.0 Å². The summed E-state index contributed by atoms with van der Waals surface area (Å²) in [4.78, 5) is 29.2. The van der Waals surface area contributed by atoms with Gasteiger partial charge in [-0.15, -0.1) is 0 Å². The van der Waals surface area contributed by atoms with E-state index in [1.165, 1.54) is 6.92 Å². The van der Waals surface area contributed by atoms with E-state index in [9.17, 15) is 14.7 Å². The second-order valence-electron chi connectivity index (χ2n) is 14.1. The van der Waals surface area contributed by atoms with Crippen LogP contribution in [0.25, 0.3) is 0 Å². The van der Waals surface area contributed by atoms with Crippen LogP contribution in [0.2, 0.25) is 0 Å². The summed E-state index contributed by atoms with van der Waals surface area (Å²) >= 11 is 0. The lowest BCUT2D eigenvalue weighted by Crippen LogP contribution is -2.77. The van der Waals surface area contributed by atoms with E-state index in [2.05, 4.69) is 11.9 Å². The van der Waals surface area contributed by atoms with Gasteiger partial charge < -0.3 is 38.4 Å². The van der Waals surface area contributed by atoms with E-state index in [4.69, 9.17) is 28.4 Å². The SMILES string of the molecule is COC[C@@]12CC[C@H](OC)[C@@]34[C@@H]5C[C@]6(O)[C@@H](OC)C[C@](OC(C)=O)([C@H]([C@H](OC)[C@@H]13)[C@@H]4N(C)C2)[C@H]5[C@H]6OC(=O)c1ccccc1. The number of ether oxygens (including phenoxy) is 6. The maximum atomic E-state index is 13.7. The normalized spacial score (nSPS) is 49.0. The molecule has 0 aromatic heterocycles. The first kappa shape index (κ1) is 29.6. The maximum absolute atomic E-state index is 13.7. The molecule has 1 N–H and O–H groups in total. The van der Waals surface area contributed by atoms with Crippen molar-refractivity contribution in [1.82, 2.24) is 4.90 Å². The molecule has 13 atom stereocenters. The molecule has 10 heteroatoms. The lowest BCUT2D eigenvalue weighted by Gasteiger charge is -2.69. The van der Waals surface area contributed by atoms with Gasteiger partial charge in [0, 0.05) is 83.0 Å². The lowest BCUT2D eigenvalue weighted by molar-refractivity contribution is -0.285. The number of piperidine rings is 1. The fourth-order valence-corrected chi connectivity index (χ4v) is 12.2. The number of fused-ring (bicyclic) bond motifs is 2. The van der Waals surface area contributed by atoms with Gasteiger partial charge in [0.1, 0.15) is 17.3 Å². The minimum Gasteiger partial charge on any atom is -0.458 e. The van der Waals surface area contributed by atoms with Crippen molar-refractivity contribution in [1.29, 1.82) is 0 Å². The summed E-state index contributed by atoms with van der Waals surface area (Å²) in [5.41, 5.74) is -2.88. The molecule has 5 saturated carbocycles. The Kier molecular flexibility index (Phi) is 6.86. The molecule has 1 aromatic carbocycles. The second-order valence-corrected chi connectivity index (χ2v) is 14.1. The molecule has 10 nitrogen and oxygen atoms in total. The van der Waals surface area contributed by atoms with Gasteiger partial charge >= 0.3 is 11.9 Å². The Labute approximate surface area is 253 Å². The third kappa shape index (κ3) is 3.51. The van der Waals surface area contributed by atoms with E-state index in [0.29, 0.717) is 18.6 Å². The first-order valence-corrected chi connectivity index (χ1v) is 15.5. The Balaban J connectivity index is 1.48. The van der Waals surface area contributed by atoms with Gasteiger partial charge in [0.05, 0.1) is 30.5 Å². The van der Waals surface area contributed by atoms with E-state index in [-0.39, 0.29) is 47.8 Å². The molecular weight excluding hydrogens is 554 g/mol. The van der Waals surface area contributed by atoms with Crippen molar-refractivity contribution in [2.75, 3.05) is 48.6 Å². The number of methoxy groups -OCH3 is 4. The van der Waals surface area contributed by atoms with E-state index < -0.39 is 46.7 Å². The number of carbonyl (C=O) groups is 2. The topological polar surface area (TPSA) is 113 Å². The number of esters is 2. The molecule has 0 radical (unpaired) electrons. The summed E-state index contributed by atoms with van der Waals surface area (Å²) in [6.45, 7) is 2.82. The highest BCUT2D eigenvalue weighted by molar-refractivity contribution is 5.89. The molecule has 236 valence electrons. The lowest BCUT2D eigenvalue weighted by atomic mass is 9.43. The Hall–Kier alpha value is -2.08. The summed E-state index contributed by atoms with van der Waals surface area (Å²) in [5, 5.41) is 12.7. The van der Waals surface area contributed by atoms with Crippen LogP contribution in [0.5, 0.6) is 0 Å². The molecule has 7 bridgehead atoms. The molecule has 6 aliphatic rings. The molecular formula is C33H45NO9. The Morgan fingerprint density at radius 3 is 2.35 bits per heavy atom. The second kappa shape index (κ2) is 9.96. The van der Waals surface area contributed by atoms with Crippen molar-refractivity contribution in [2.24, 2.45) is 34.5 Å². The minimum absolute atomic E-state index is 0.0201. The van der Waals surface area contributed by atoms with Gasteiger partial charge in [-0.3, -0.25) is 4.79 Å². The number of rotatable bonds is 8. The number of nitrogens with zero attached hydrogens (tertiary/aromatic N) is 1. The summed E-state index contributed by atoms with van der Waals surface area (Å²) in [5.74, 6) is -1.87. The molecule has 43 heavy (non-hydrogen) atoms. The average Bonchev–Trinajstić information content (AvgIpc) is 3.37. The van der Waals surface area contributed by atoms with Gasteiger partial charge in [0.25, 0.3) is 0 Å². The quantitative estimate of drug-likeness (QED) is 0.447. The fraction of sp³-hybridized carbons (Fsp3) is 0.758. The number of hydrogen-bond acceptors (Lipinski definition) is 10. The maximum Gasteiger partial charge on any atom is 0.338 e. The number of carbonyl (C=O) groups excluding carboxylic acids is 2. The number of hydrogen-bond donors (Lipinski definition) is 1. The summed E-state index contributed by atoms with van der Waals surface area (Å²) in [6.07, 6.45) is 0.272. The van der Waals surface area contributed by atoms with Crippen molar-refractivity contribution in [3.8, 4) is 0 Å². The smallest absolute Gasteiger partial charge is 0.338 e. The molecule has 6 fully saturated rings. The summed E-state index contributed by atoms with van der Waals surface area (Å²) < 4.78 is 38.0. The first-order valence-electron chi connectivity index (χ1n) is 15.5. The van der Waals surface area contributed by atoms with Gasteiger partial charge in [-0.2, -0.15) is 0 Å². The Morgan fingerprint density at radius 2 is 1.72 bits per heavy atom. The van der Waals surface area contributed by atoms with E-state index in [1.54, 1.807) is 52.7 Å². The van der Waals surface area contributed by atoms with Crippen molar-refractivity contribution >= 4 is 11.9 Å². The zero-order valence-electron chi connectivity index (χ0n) is 26.0. The zero-order valence-corrected chi connectivity index (χ0v) is 26.0. The third-order valence-electron chi connectivity index (χ3n) is 12.7. The molecule has 7 rings (SSSR count). The predicted molar refractivity (Wildman–Crippen MR) is 153 cm³/mol. The molecule has 1 spiro atoms.